The highest BCUT2D eigenvalue weighted by Crippen LogP contribution is 2.42. The molecule has 116 valence electrons. The second-order valence-electron chi connectivity index (χ2n) is 5.35. The topological polar surface area (TPSA) is 78.0 Å². The number of aromatic nitrogens is 2. The molecule has 1 aliphatic rings. The molecule has 0 unspecified atom stereocenters. The quantitative estimate of drug-likeness (QED) is 0.783. The van der Waals surface area contributed by atoms with Gasteiger partial charge in [-0.25, -0.2) is 0 Å². The van der Waals surface area contributed by atoms with Gasteiger partial charge in [-0.1, -0.05) is 35.3 Å². The van der Waals surface area contributed by atoms with E-state index in [1.165, 1.54) is 0 Å². The van der Waals surface area contributed by atoms with E-state index in [0.717, 1.165) is 18.5 Å². The molecular formula is C15H15Cl2N3O2. The average Bonchev–Trinajstić information content (AvgIpc) is 3.28. The van der Waals surface area contributed by atoms with Crippen LogP contribution in [0, 0.1) is 0 Å². The Balaban J connectivity index is 1.61. The summed E-state index contributed by atoms with van der Waals surface area (Å²) in [4.78, 5) is 12.1. The zero-order valence-electron chi connectivity index (χ0n) is 11.6. The van der Waals surface area contributed by atoms with Crippen LogP contribution in [-0.2, 0) is 0 Å². The first-order chi connectivity index (χ1) is 10.6. The highest BCUT2D eigenvalue weighted by atomic mass is 35.5. The van der Waals surface area contributed by atoms with Gasteiger partial charge in [-0.15, -0.1) is 0 Å². The van der Waals surface area contributed by atoms with Gasteiger partial charge in [0.1, 0.15) is 0 Å². The van der Waals surface area contributed by atoms with Gasteiger partial charge in [-0.3, -0.25) is 9.89 Å². The SMILES string of the molecule is O=C(NC[C@H](O)c1ccc(Cl)cc1)c1n[nH]c(C2CC2)c1Cl. The molecule has 0 spiro atoms. The summed E-state index contributed by atoms with van der Waals surface area (Å²) < 4.78 is 0. The fourth-order valence-corrected chi connectivity index (χ4v) is 2.66. The Labute approximate surface area is 137 Å². The highest BCUT2D eigenvalue weighted by molar-refractivity contribution is 6.34. The summed E-state index contributed by atoms with van der Waals surface area (Å²) in [6, 6.07) is 6.81. The molecule has 1 aromatic carbocycles. The minimum Gasteiger partial charge on any atom is -0.387 e. The Bertz CT molecular complexity index is 681. The van der Waals surface area contributed by atoms with Gasteiger partial charge in [-0.05, 0) is 30.5 Å². The van der Waals surface area contributed by atoms with Crippen molar-refractivity contribution in [3.63, 3.8) is 0 Å². The summed E-state index contributed by atoms with van der Waals surface area (Å²) in [6.07, 6.45) is 1.32. The van der Waals surface area contributed by atoms with Crippen LogP contribution in [-0.4, -0.2) is 27.8 Å². The lowest BCUT2D eigenvalue weighted by atomic mass is 10.1. The standard InChI is InChI=1S/C15H15Cl2N3O2/c16-10-5-3-8(4-6-10)11(21)7-18-15(22)14-12(17)13(19-20-14)9-1-2-9/h3-6,9,11,21H,1-2,7H2,(H,18,22)(H,19,20)/t11-/m0/s1. The van der Waals surface area contributed by atoms with Crippen molar-refractivity contribution in [3.8, 4) is 0 Å². The van der Waals surface area contributed by atoms with Crippen molar-refractivity contribution < 1.29 is 9.90 Å². The molecular weight excluding hydrogens is 325 g/mol. The largest absolute Gasteiger partial charge is 0.387 e. The number of nitrogens with zero attached hydrogens (tertiary/aromatic N) is 1. The molecule has 3 rings (SSSR count). The van der Waals surface area contributed by atoms with Crippen molar-refractivity contribution >= 4 is 29.1 Å². The van der Waals surface area contributed by atoms with Crippen molar-refractivity contribution in [3.05, 3.63) is 51.3 Å². The van der Waals surface area contributed by atoms with Gasteiger partial charge in [0.05, 0.1) is 16.8 Å². The number of carbonyl (C=O) groups is 1. The third-order valence-corrected chi connectivity index (χ3v) is 4.28. The average molecular weight is 340 g/mol. The number of amides is 1. The van der Waals surface area contributed by atoms with E-state index in [4.69, 9.17) is 23.2 Å². The van der Waals surface area contributed by atoms with E-state index in [2.05, 4.69) is 15.5 Å². The van der Waals surface area contributed by atoms with E-state index in [1.807, 2.05) is 0 Å². The summed E-state index contributed by atoms with van der Waals surface area (Å²) in [6.45, 7) is 0.0718. The molecule has 1 aliphatic carbocycles. The third-order valence-electron chi connectivity index (χ3n) is 3.64. The van der Waals surface area contributed by atoms with Gasteiger partial charge < -0.3 is 10.4 Å². The monoisotopic (exact) mass is 339 g/mol. The number of aliphatic hydroxyl groups excluding tert-OH is 1. The van der Waals surface area contributed by atoms with E-state index >= 15 is 0 Å². The molecule has 0 saturated heterocycles. The molecule has 3 N–H and O–H groups in total. The zero-order chi connectivity index (χ0) is 15.7. The van der Waals surface area contributed by atoms with Gasteiger partial charge in [0.2, 0.25) is 0 Å². The van der Waals surface area contributed by atoms with Crippen molar-refractivity contribution in [1.29, 1.82) is 0 Å². The van der Waals surface area contributed by atoms with Crippen LogP contribution >= 0.6 is 23.2 Å². The van der Waals surface area contributed by atoms with Crippen molar-refractivity contribution in [2.75, 3.05) is 6.54 Å². The number of H-pyrrole nitrogens is 1. The normalized spacial score (nSPS) is 15.6. The Morgan fingerprint density at radius 2 is 2.05 bits per heavy atom. The van der Waals surface area contributed by atoms with Crippen LogP contribution in [0.15, 0.2) is 24.3 Å². The summed E-state index contributed by atoms with van der Waals surface area (Å²) in [7, 11) is 0. The van der Waals surface area contributed by atoms with Gasteiger partial charge in [0.15, 0.2) is 5.69 Å². The van der Waals surface area contributed by atoms with E-state index in [0.29, 0.717) is 21.5 Å². The molecule has 5 nitrogen and oxygen atoms in total. The van der Waals surface area contributed by atoms with E-state index in [1.54, 1.807) is 24.3 Å². The maximum Gasteiger partial charge on any atom is 0.273 e. The lowest BCUT2D eigenvalue weighted by Gasteiger charge is -2.11. The van der Waals surface area contributed by atoms with Crippen molar-refractivity contribution in [2.45, 2.75) is 24.9 Å². The van der Waals surface area contributed by atoms with E-state index in [9.17, 15) is 9.90 Å². The maximum atomic E-state index is 12.1. The third kappa shape index (κ3) is 3.27. The fraction of sp³-hybridized carbons (Fsp3) is 0.333. The number of benzene rings is 1. The van der Waals surface area contributed by atoms with Gasteiger partial charge >= 0.3 is 0 Å². The lowest BCUT2D eigenvalue weighted by Crippen LogP contribution is -2.28. The van der Waals surface area contributed by atoms with E-state index in [-0.39, 0.29) is 12.2 Å². The zero-order valence-corrected chi connectivity index (χ0v) is 13.2. The summed E-state index contributed by atoms with van der Waals surface area (Å²) in [5.41, 5.74) is 1.67. The fourth-order valence-electron chi connectivity index (χ4n) is 2.21. The number of halogens is 2. The Morgan fingerprint density at radius 1 is 1.36 bits per heavy atom. The molecule has 1 heterocycles. The van der Waals surface area contributed by atoms with Crippen LogP contribution in [0.25, 0.3) is 0 Å². The van der Waals surface area contributed by atoms with Crippen molar-refractivity contribution in [2.24, 2.45) is 0 Å². The number of aliphatic hydroxyl groups is 1. The molecule has 0 aliphatic heterocycles. The first kappa shape index (κ1) is 15.3. The molecule has 1 fully saturated rings. The first-order valence-corrected chi connectivity index (χ1v) is 7.77. The number of hydrogen-bond donors (Lipinski definition) is 3. The molecule has 22 heavy (non-hydrogen) atoms. The molecule has 1 atom stereocenters. The number of rotatable bonds is 5. The minimum atomic E-state index is -0.818. The Kier molecular flexibility index (Phi) is 4.38. The van der Waals surface area contributed by atoms with Crippen molar-refractivity contribution in [1.82, 2.24) is 15.5 Å². The van der Waals surface area contributed by atoms with Gasteiger partial charge in [0.25, 0.3) is 5.91 Å². The van der Waals surface area contributed by atoms with E-state index < -0.39 is 12.0 Å². The van der Waals surface area contributed by atoms with Gasteiger partial charge in [0, 0.05) is 17.5 Å². The minimum absolute atomic E-state index is 0.0718. The smallest absolute Gasteiger partial charge is 0.273 e. The summed E-state index contributed by atoms with van der Waals surface area (Å²) in [5, 5.41) is 20.5. The predicted molar refractivity (Wildman–Crippen MR) is 84.3 cm³/mol. The highest BCUT2D eigenvalue weighted by Gasteiger charge is 2.30. The number of nitrogens with one attached hydrogen (secondary N) is 2. The lowest BCUT2D eigenvalue weighted by molar-refractivity contribution is 0.0911. The molecule has 1 amide bonds. The van der Waals surface area contributed by atoms with Crippen LogP contribution in [0.1, 0.15) is 46.6 Å². The van der Waals surface area contributed by atoms with Gasteiger partial charge in [-0.2, -0.15) is 5.10 Å². The molecule has 2 aromatic rings. The van der Waals surface area contributed by atoms with Crippen LogP contribution in [0.3, 0.4) is 0 Å². The number of hydrogen-bond acceptors (Lipinski definition) is 3. The second-order valence-corrected chi connectivity index (χ2v) is 6.17. The number of carbonyl (C=O) groups excluding carboxylic acids is 1. The van der Waals surface area contributed by atoms with Crippen LogP contribution in [0.2, 0.25) is 10.0 Å². The summed E-state index contributed by atoms with van der Waals surface area (Å²) >= 11 is 12.0. The molecule has 1 saturated carbocycles. The van der Waals surface area contributed by atoms with Crippen LogP contribution < -0.4 is 5.32 Å². The first-order valence-electron chi connectivity index (χ1n) is 7.01. The maximum absolute atomic E-state index is 12.1. The van der Waals surface area contributed by atoms with Crippen LogP contribution in [0.4, 0.5) is 0 Å². The molecule has 0 bridgehead atoms. The Hall–Kier alpha value is -1.56. The second kappa shape index (κ2) is 6.28. The van der Waals surface area contributed by atoms with Crippen LogP contribution in [0.5, 0.6) is 0 Å². The summed E-state index contributed by atoms with van der Waals surface area (Å²) in [5.74, 6) is -0.0117. The Morgan fingerprint density at radius 3 is 2.68 bits per heavy atom. The number of aromatic amines is 1. The molecule has 1 aromatic heterocycles. The molecule has 0 radical (unpaired) electrons. The molecule has 7 heteroatoms. The predicted octanol–water partition coefficient (Wildman–Crippen LogP) is 3.06.